The van der Waals surface area contributed by atoms with E-state index >= 15 is 0 Å². The van der Waals surface area contributed by atoms with Gasteiger partial charge >= 0.3 is 0 Å². The third-order valence-electron chi connectivity index (χ3n) is 3.02. The standard InChI is InChI=1S/C15H13NO3/c1-18-12-4-2-3-10(7-12)11-5-6-14-13(8-11)16-15(17)9-19-14/h2-8H,9H2,1H3,(H,16,17). The average Bonchev–Trinajstić information content (AvgIpc) is 2.46. The molecule has 4 nitrogen and oxygen atoms in total. The highest BCUT2D eigenvalue weighted by Crippen LogP contribution is 2.33. The number of benzene rings is 2. The van der Waals surface area contributed by atoms with Gasteiger partial charge in [-0.1, -0.05) is 18.2 Å². The maximum atomic E-state index is 11.3. The molecule has 2 aromatic rings. The summed E-state index contributed by atoms with van der Waals surface area (Å²) in [4.78, 5) is 11.3. The fourth-order valence-electron chi connectivity index (χ4n) is 2.07. The number of methoxy groups -OCH3 is 1. The van der Waals surface area contributed by atoms with E-state index in [1.807, 2.05) is 42.5 Å². The lowest BCUT2D eigenvalue weighted by Gasteiger charge is -2.18. The first-order valence-electron chi connectivity index (χ1n) is 5.97. The summed E-state index contributed by atoms with van der Waals surface area (Å²) in [6.07, 6.45) is 0. The number of rotatable bonds is 2. The van der Waals surface area contributed by atoms with E-state index in [4.69, 9.17) is 9.47 Å². The molecule has 1 aliphatic heterocycles. The van der Waals surface area contributed by atoms with E-state index in [9.17, 15) is 4.79 Å². The summed E-state index contributed by atoms with van der Waals surface area (Å²) in [6, 6.07) is 13.5. The van der Waals surface area contributed by atoms with Crippen molar-refractivity contribution in [1.29, 1.82) is 0 Å². The zero-order valence-electron chi connectivity index (χ0n) is 10.5. The molecule has 1 heterocycles. The summed E-state index contributed by atoms with van der Waals surface area (Å²) in [6.45, 7) is 0.0749. The Labute approximate surface area is 111 Å². The second-order valence-corrected chi connectivity index (χ2v) is 4.28. The molecular weight excluding hydrogens is 242 g/mol. The Hall–Kier alpha value is -2.49. The van der Waals surface area contributed by atoms with Gasteiger partial charge in [-0.25, -0.2) is 0 Å². The molecule has 0 bridgehead atoms. The number of amides is 1. The normalized spacial score (nSPS) is 13.2. The molecule has 0 atom stereocenters. The van der Waals surface area contributed by atoms with Gasteiger partial charge in [-0.15, -0.1) is 0 Å². The van der Waals surface area contributed by atoms with Gasteiger partial charge in [0.1, 0.15) is 11.5 Å². The summed E-state index contributed by atoms with van der Waals surface area (Å²) in [5.74, 6) is 1.37. The highest BCUT2D eigenvalue weighted by Gasteiger charge is 2.16. The first kappa shape index (κ1) is 11.6. The first-order valence-corrected chi connectivity index (χ1v) is 5.97. The van der Waals surface area contributed by atoms with E-state index in [0.29, 0.717) is 11.4 Å². The highest BCUT2D eigenvalue weighted by atomic mass is 16.5. The van der Waals surface area contributed by atoms with Crippen molar-refractivity contribution in [2.45, 2.75) is 0 Å². The summed E-state index contributed by atoms with van der Waals surface area (Å²) < 4.78 is 10.5. The predicted octanol–water partition coefficient (Wildman–Crippen LogP) is 2.69. The molecule has 4 heteroatoms. The molecule has 96 valence electrons. The third kappa shape index (κ3) is 2.25. The number of carbonyl (C=O) groups excluding carboxylic acids is 1. The minimum Gasteiger partial charge on any atom is -0.497 e. The Morgan fingerprint density at radius 2 is 2.00 bits per heavy atom. The second-order valence-electron chi connectivity index (χ2n) is 4.28. The van der Waals surface area contributed by atoms with Crippen LogP contribution in [0.1, 0.15) is 0 Å². The molecule has 1 amide bonds. The fourth-order valence-corrected chi connectivity index (χ4v) is 2.07. The van der Waals surface area contributed by atoms with Gasteiger partial charge < -0.3 is 14.8 Å². The largest absolute Gasteiger partial charge is 0.497 e. The van der Waals surface area contributed by atoms with Crippen molar-refractivity contribution < 1.29 is 14.3 Å². The quantitative estimate of drug-likeness (QED) is 0.897. The van der Waals surface area contributed by atoms with Gasteiger partial charge in [0.25, 0.3) is 5.91 Å². The van der Waals surface area contributed by atoms with Crippen LogP contribution in [0.5, 0.6) is 11.5 Å². The van der Waals surface area contributed by atoms with Crippen molar-refractivity contribution in [1.82, 2.24) is 0 Å². The van der Waals surface area contributed by atoms with Gasteiger partial charge in [0.2, 0.25) is 0 Å². The average molecular weight is 255 g/mol. The minimum atomic E-state index is -0.129. The maximum Gasteiger partial charge on any atom is 0.262 e. The molecule has 1 aliphatic rings. The first-order chi connectivity index (χ1) is 9.26. The van der Waals surface area contributed by atoms with Crippen LogP contribution in [0.3, 0.4) is 0 Å². The van der Waals surface area contributed by atoms with Crippen LogP contribution in [0.25, 0.3) is 11.1 Å². The number of carbonyl (C=O) groups is 1. The van der Waals surface area contributed by atoms with Crippen LogP contribution < -0.4 is 14.8 Å². The number of fused-ring (bicyclic) bond motifs is 1. The Morgan fingerprint density at radius 1 is 1.16 bits per heavy atom. The van der Waals surface area contributed by atoms with Gasteiger partial charge in [-0.2, -0.15) is 0 Å². The monoisotopic (exact) mass is 255 g/mol. The van der Waals surface area contributed by atoms with E-state index in [2.05, 4.69) is 5.32 Å². The summed E-state index contributed by atoms with van der Waals surface area (Å²) in [7, 11) is 1.64. The number of nitrogens with one attached hydrogen (secondary N) is 1. The van der Waals surface area contributed by atoms with E-state index in [1.54, 1.807) is 7.11 Å². The van der Waals surface area contributed by atoms with Crippen LogP contribution in [-0.4, -0.2) is 19.6 Å². The van der Waals surface area contributed by atoms with Crippen molar-refractivity contribution in [2.75, 3.05) is 19.0 Å². The van der Waals surface area contributed by atoms with Crippen molar-refractivity contribution >= 4 is 11.6 Å². The lowest BCUT2D eigenvalue weighted by Crippen LogP contribution is -2.25. The van der Waals surface area contributed by atoms with Crippen LogP contribution in [0, 0.1) is 0 Å². The molecule has 1 N–H and O–H groups in total. The predicted molar refractivity (Wildman–Crippen MR) is 72.6 cm³/mol. The fraction of sp³-hybridized carbons (Fsp3) is 0.133. The lowest BCUT2D eigenvalue weighted by molar-refractivity contribution is -0.118. The third-order valence-corrected chi connectivity index (χ3v) is 3.02. The molecule has 2 aromatic carbocycles. The highest BCUT2D eigenvalue weighted by molar-refractivity contribution is 5.96. The molecule has 0 aromatic heterocycles. The van der Waals surface area contributed by atoms with E-state index in [1.165, 1.54) is 0 Å². The second kappa shape index (κ2) is 4.65. The van der Waals surface area contributed by atoms with Gasteiger partial charge in [0.15, 0.2) is 6.61 Å². The summed E-state index contributed by atoms with van der Waals surface area (Å²) >= 11 is 0. The Balaban J connectivity index is 2.01. The Bertz CT molecular complexity index is 637. The van der Waals surface area contributed by atoms with Gasteiger partial charge in [0, 0.05) is 0 Å². The Kier molecular flexibility index (Phi) is 2.83. The number of anilines is 1. The van der Waals surface area contributed by atoms with Gasteiger partial charge in [-0.3, -0.25) is 4.79 Å². The molecule has 19 heavy (non-hydrogen) atoms. The molecule has 0 aliphatic carbocycles. The molecule has 0 radical (unpaired) electrons. The van der Waals surface area contributed by atoms with Crippen LogP contribution in [0.2, 0.25) is 0 Å². The van der Waals surface area contributed by atoms with E-state index in [0.717, 1.165) is 16.9 Å². The van der Waals surface area contributed by atoms with Crippen molar-refractivity contribution in [2.24, 2.45) is 0 Å². The Morgan fingerprint density at radius 3 is 2.84 bits per heavy atom. The number of ether oxygens (including phenoxy) is 2. The zero-order chi connectivity index (χ0) is 13.2. The van der Waals surface area contributed by atoms with Crippen molar-refractivity contribution in [3.05, 3.63) is 42.5 Å². The van der Waals surface area contributed by atoms with E-state index in [-0.39, 0.29) is 12.5 Å². The SMILES string of the molecule is COc1cccc(-c2ccc3c(c2)NC(=O)CO3)c1. The van der Waals surface area contributed by atoms with Crippen molar-refractivity contribution in [3.63, 3.8) is 0 Å². The van der Waals surface area contributed by atoms with Crippen LogP contribution in [0.15, 0.2) is 42.5 Å². The summed E-state index contributed by atoms with van der Waals surface area (Å²) in [5, 5.41) is 2.80. The maximum absolute atomic E-state index is 11.3. The molecule has 3 rings (SSSR count). The minimum absolute atomic E-state index is 0.0749. The molecule has 0 unspecified atom stereocenters. The molecule has 0 spiro atoms. The molecule has 0 fully saturated rings. The zero-order valence-corrected chi connectivity index (χ0v) is 10.5. The van der Waals surface area contributed by atoms with Crippen molar-refractivity contribution in [3.8, 4) is 22.6 Å². The topological polar surface area (TPSA) is 47.6 Å². The van der Waals surface area contributed by atoms with Crippen LogP contribution in [-0.2, 0) is 4.79 Å². The number of hydrogen-bond donors (Lipinski definition) is 1. The van der Waals surface area contributed by atoms with Gasteiger partial charge in [0.05, 0.1) is 12.8 Å². The van der Waals surface area contributed by atoms with Crippen LogP contribution in [0.4, 0.5) is 5.69 Å². The molecule has 0 saturated carbocycles. The smallest absolute Gasteiger partial charge is 0.262 e. The molecule has 0 saturated heterocycles. The van der Waals surface area contributed by atoms with E-state index < -0.39 is 0 Å². The molecular formula is C15H13NO3. The number of hydrogen-bond acceptors (Lipinski definition) is 3. The lowest BCUT2D eigenvalue weighted by atomic mass is 10.0. The summed E-state index contributed by atoms with van der Waals surface area (Å²) in [5.41, 5.74) is 2.74. The van der Waals surface area contributed by atoms with Gasteiger partial charge in [-0.05, 0) is 35.4 Å². The van der Waals surface area contributed by atoms with Crippen LogP contribution >= 0.6 is 0 Å².